The maximum Gasteiger partial charge on any atom is 0.339 e. The summed E-state index contributed by atoms with van der Waals surface area (Å²) in [5.74, 6) is -0.288. The van der Waals surface area contributed by atoms with E-state index in [2.05, 4.69) is 55.1 Å². The number of carboxylic acid groups (broad SMARTS) is 1. The summed E-state index contributed by atoms with van der Waals surface area (Å²) < 4.78 is 1.28. The number of hydrogen-bond donors (Lipinski definition) is 1. The third kappa shape index (κ3) is 2.73. The Balaban J connectivity index is 3.15. The van der Waals surface area contributed by atoms with Crippen molar-refractivity contribution < 1.29 is 9.90 Å². The lowest BCUT2D eigenvalue weighted by Gasteiger charge is -2.02. The standard InChI is InChI=1S/C7H6I2N2O2/c8-1-5-4(7(12)13)3-10-6(2-9)11-5/h3H,1-2H2,(H,12,13). The van der Waals surface area contributed by atoms with Gasteiger partial charge in [0.2, 0.25) is 0 Å². The minimum atomic E-state index is -0.966. The predicted octanol–water partition coefficient (Wildman–Crippen LogP) is 2.04. The Labute approximate surface area is 102 Å². The molecule has 0 spiro atoms. The lowest BCUT2D eigenvalue weighted by molar-refractivity contribution is 0.0695. The van der Waals surface area contributed by atoms with Crippen LogP contribution in [0.3, 0.4) is 0 Å². The quantitative estimate of drug-likeness (QED) is 0.619. The van der Waals surface area contributed by atoms with Crippen LogP contribution in [0.5, 0.6) is 0 Å². The molecule has 0 aliphatic rings. The molecule has 1 aromatic rings. The summed E-state index contributed by atoms with van der Waals surface area (Å²) in [6.45, 7) is 0. The molecule has 0 saturated carbocycles. The van der Waals surface area contributed by atoms with Gasteiger partial charge in [0, 0.05) is 10.6 Å². The molecule has 0 unspecified atom stereocenters. The van der Waals surface area contributed by atoms with Gasteiger partial charge in [-0.3, -0.25) is 0 Å². The molecule has 0 aromatic carbocycles. The van der Waals surface area contributed by atoms with E-state index in [0.717, 1.165) is 0 Å². The van der Waals surface area contributed by atoms with Crippen molar-refractivity contribution in [3.8, 4) is 0 Å². The van der Waals surface area contributed by atoms with Gasteiger partial charge in [-0.15, -0.1) is 0 Å². The van der Waals surface area contributed by atoms with Gasteiger partial charge >= 0.3 is 5.97 Å². The van der Waals surface area contributed by atoms with Gasteiger partial charge in [0.05, 0.1) is 10.1 Å². The fourth-order valence-corrected chi connectivity index (χ4v) is 1.75. The van der Waals surface area contributed by atoms with Crippen LogP contribution in [0.4, 0.5) is 0 Å². The average molecular weight is 404 g/mol. The molecule has 0 aliphatic heterocycles. The van der Waals surface area contributed by atoms with Gasteiger partial charge < -0.3 is 5.11 Å². The topological polar surface area (TPSA) is 63.1 Å². The Bertz CT molecular complexity index is 330. The van der Waals surface area contributed by atoms with E-state index in [-0.39, 0.29) is 5.56 Å². The minimum Gasteiger partial charge on any atom is -0.478 e. The molecule has 6 heteroatoms. The second-order valence-corrected chi connectivity index (χ2v) is 3.74. The summed E-state index contributed by atoms with van der Waals surface area (Å²) in [4.78, 5) is 18.7. The Hall–Kier alpha value is 0.01000. The van der Waals surface area contributed by atoms with Crippen molar-refractivity contribution in [2.24, 2.45) is 0 Å². The molecule has 4 nitrogen and oxygen atoms in total. The number of nitrogens with zero attached hydrogens (tertiary/aromatic N) is 2. The Kier molecular flexibility index (Phi) is 4.29. The number of rotatable bonds is 3. The van der Waals surface area contributed by atoms with Gasteiger partial charge in [0.15, 0.2) is 0 Å². The van der Waals surface area contributed by atoms with E-state index in [9.17, 15) is 4.79 Å². The van der Waals surface area contributed by atoms with Crippen LogP contribution in [0.15, 0.2) is 6.20 Å². The second-order valence-electron chi connectivity index (χ2n) is 2.22. The number of aromatic carboxylic acids is 1. The third-order valence-corrected chi connectivity index (χ3v) is 2.80. The van der Waals surface area contributed by atoms with Gasteiger partial charge in [-0.05, 0) is 0 Å². The molecular formula is C7H6I2N2O2. The summed E-state index contributed by atoms with van der Waals surface area (Å²) in [5.41, 5.74) is 0.790. The van der Waals surface area contributed by atoms with Crippen molar-refractivity contribution in [1.82, 2.24) is 9.97 Å². The molecule has 0 fully saturated rings. The van der Waals surface area contributed by atoms with Gasteiger partial charge in [-0.1, -0.05) is 45.2 Å². The molecule has 0 amide bonds. The van der Waals surface area contributed by atoms with Crippen molar-refractivity contribution in [2.75, 3.05) is 0 Å². The molecule has 1 heterocycles. The molecule has 1 rings (SSSR count). The molecule has 70 valence electrons. The monoisotopic (exact) mass is 404 g/mol. The fraction of sp³-hybridized carbons (Fsp3) is 0.286. The summed E-state index contributed by atoms with van der Waals surface area (Å²) in [7, 11) is 0. The number of halogens is 2. The molecule has 0 aliphatic carbocycles. The Morgan fingerprint density at radius 2 is 2.15 bits per heavy atom. The van der Waals surface area contributed by atoms with Crippen molar-refractivity contribution in [1.29, 1.82) is 0 Å². The molecule has 1 N–H and O–H groups in total. The predicted molar refractivity (Wildman–Crippen MR) is 64.4 cm³/mol. The molecular weight excluding hydrogens is 398 g/mol. The first-order valence-corrected chi connectivity index (χ1v) is 6.44. The molecule has 0 radical (unpaired) electrons. The van der Waals surface area contributed by atoms with Crippen LogP contribution in [0.2, 0.25) is 0 Å². The first kappa shape index (κ1) is 11.1. The molecule has 1 aromatic heterocycles. The van der Waals surface area contributed by atoms with Crippen LogP contribution < -0.4 is 0 Å². The fourth-order valence-electron chi connectivity index (χ4n) is 0.803. The highest BCUT2D eigenvalue weighted by molar-refractivity contribution is 14.1. The third-order valence-electron chi connectivity index (χ3n) is 1.39. The van der Waals surface area contributed by atoms with E-state index in [0.29, 0.717) is 20.4 Å². The lowest BCUT2D eigenvalue weighted by Crippen LogP contribution is -2.06. The van der Waals surface area contributed by atoms with Crippen LogP contribution >= 0.6 is 45.2 Å². The largest absolute Gasteiger partial charge is 0.478 e. The highest BCUT2D eigenvalue weighted by Gasteiger charge is 2.11. The summed E-state index contributed by atoms with van der Waals surface area (Å²) in [6, 6.07) is 0. The molecule has 13 heavy (non-hydrogen) atoms. The average Bonchev–Trinajstić information content (AvgIpc) is 2.16. The Morgan fingerprint density at radius 3 is 2.62 bits per heavy atom. The zero-order valence-electron chi connectivity index (χ0n) is 6.50. The number of hydrogen-bond acceptors (Lipinski definition) is 3. The van der Waals surface area contributed by atoms with E-state index < -0.39 is 5.97 Å². The van der Waals surface area contributed by atoms with Crippen LogP contribution in [0.25, 0.3) is 0 Å². The highest BCUT2D eigenvalue weighted by Crippen LogP contribution is 2.11. The molecule has 0 atom stereocenters. The minimum absolute atomic E-state index is 0.197. The summed E-state index contributed by atoms with van der Waals surface area (Å²) in [6.07, 6.45) is 1.37. The zero-order chi connectivity index (χ0) is 9.84. The van der Waals surface area contributed by atoms with Gasteiger partial charge in [0.25, 0.3) is 0 Å². The normalized spacial score (nSPS) is 10.0. The van der Waals surface area contributed by atoms with Crippen LogP contribution in [0, 0.1) is 0 Å². The zero-order valence-corrected chi connectivity index (χ0v) is 10.8. The van der Waals surface area contributed by atoms with Crippen LogP contribution in [-0.2, 0) is 8.86 Å². The first-order valence-electron chi connectivity index (χ1n) is 3.39. The van der Waals surface area contributed by atoms with E-state index in [1.165, 1.54) is 6.20 Å². The van der Waals surface area contributed by atoms with Crippen LogP contribution in [0.1, 0.15) is 21.9 Å². The van der Waals surface area contributed by atoms with Gasteiger partial charge in [-0.25, -0.2) is 14.8 Å². The number of alkyl halides is 2. The summed E-state index contributed by atoms with van der Waals surface area (Å²) in [5, 5.41) is 8.78. The second kappa shape index (κ2) is 5.03. The SMILES string of the molecule is O=C(O)c1cnc(CI)nc1CI. The van der Waals surface area contributed by atoms with E-state index in [1.807, 2.05) is 0 Å². The maximum absolute atomic E-state index is 10.7. The molecule has 0 bridgehead atoms. The first-order chi connectivity index (χ1) is 6.19. The lowest BCUT2D eigenvalue weighted by atomic mass is 10.2. The van der Waals surface area contributed by atoms with Crippen molar-refractivity contribution in [2.45, 2.75) is 8.86 Å². The smallest absolute Gasteiger partial charge is 0.339 e. The summed E-state index contributed by atoms with van der Waals surface area (Å²) >= 11 is 4.23. The van der Waals surface area contributed by atoms with E-state index >= 15 is 0 Å². The number of carbonyl (C=O) groups is 1. The van der Waals surface area contributed by atoms with Gasteiger partial charge in [0.1, 0.15) is 11.4 Å². The van der Waals surface area contributed by atoms with E-state index in [1.54, 1.807) is 0 Å². The van der Waals surface area contributed by atoms with Crippen molar-refractivity contribution in [3.05, 3.63) is 23.3 Å². The van der Waals surface area contributed by atoms with Crippen LogP contribution in [-0.4, -0.2) is 21.0 Å². The Morgan fingerprint density at radius 1 is 1.46 bits per heavy atom. The maximum atomic E-state index is 10.7. The number of aromatic nitrogens is 2. The number of carboxylic acids is 1. The highest BCUT2D eigenvalue weighted by atomic mass is 127. The van der Waals surface area contributed by atoms with Crippen molar-refractivity contribution >= 4 is 51.2 Å². The van der Waals surface area contributed by atoms with Gasteiger partial charge in [-0.2, -0.15) is 0 Å². The van der Waals surface area contributed by atoms with E-state index in [4.69, 9.17) is 5.11 Å². The van der Waals surface area contributed by atoms with Crippen molar-refractivity contribution in [3.63, 3.8) is 0 Å². The molecule has 0 saturated heterocycles.